The minimum atomic E-state index is -1.52. The predicted octanol–water partition coefficient (Wildman–Crippen LogP) is 4.01. The Bertz CT molecular complexity index is 287. The van der Waals surface area contributed by atoms with E-state index in [0.717, 1.165) is 44.8 Å². The van der Waals surface area contributed by atoms with Crippen LogP contribution in [0.3, 0.4) is 0 Å². The van der Waals surface area contributed by atoms with Gasteiger partial charge in [-0.25, -0.2) is 0 Å². The molecule has 0 bridgehead atoms. The SMILES string of the molecule is COCC1CCC(C2CCC(C=C(F)F)CC2)CO1. The molecule has 2 aliphatic rings. The Morgan fingerprint density at radius 1 is 1.11 bits per heavy atom. The van der Waals surface area contributed by atoms with Crippen molar-refractivity contribution in [2.75, 3.05) is 20.3 Å². The van der Waals surface area contributed by atoms with Crippen LogP contribution in [-0.2, 0) is 9.47 Å². The van der Waals surface area contributed by atoms with Gasteiger partial charge in [-0.05, 0) is 62.4 Å². The first kappa shape index (κ1) is 14.9. The number of allylic oxidation sites excluding steroid dienone is 1. The van der Waals surface area contributed by atoms with Gasteiger partial charge in [-0.2, -0.15) is 8.78 Å². The summed E-state index contributed by atoms with van der Waals surface area (Å²) >= 11 is 0. The fourth-order valence-corrected chi connectivity index (χ4v) is 3.48. The van der Waals surface area contributed by atoms with Crippen molar-refractivity contribution in [3.8, 4) is 0 Å². The Kier molecular flexibility index (Phi) is 5.76. The zero-order valence-electron chi connectivity index (χ0n) is 11.6. The van der Waals surface area contributed by atoms with Gasteiger partial charge in [-0.3, -0.25) is 0 Å². The molecule has 4 heteroatoms. The first-order chi connectivity index (χ1) is 9.19. The third kappa shape index (κ3) is 4.53. The second-order valence-corrected chi connectivity index (χ2v) is 5.88. The molecule has 2 unspecified atom stereocenters. The number of halogens is 2. The molecule has 0 N–H and O–H groups in total. The predicted molar refractivity (Wildman–Crippen MR) is 70.1 cm³/mol. The Morgan fingerprint density at radius 3 is 2.32 bits per heavy atom. The van der Waals surface area contributed by atoms with Gasteiger partial charge in [-0.1, -0.05) is 0 Å². The van der Waals surface area contributed by atoms with E-state index in [1.54, 1.807) is 7.11 Å². The molecular formula is C15H24F2O2. The lowest BCUT2D eigenvalue weighted by Crippen LogP contribution is -2.34. The van der Waals surface area contributed by atoms with Crippen LogP contribution in [0.15, 0.2) is 12.2 Å². The lowest BCUT2D eigenvalue weighted by molar-refractivity contribution is -0.0670. The molecule has 19 heavy (non-hydrogen) atoms. The molecule has 2 nitrogen and oxygen atoms in total. The van der Waals surface area contributed by atoms with E-state index in [-0.39, 0.29) is 12.0 Å². The summed E-state index contributed by atoms with van der Waals surface area (Å²) in [6.45, 7) is 1.50. The van der Waals surface area contributed by atoms with Crippen LogP contribution in [0.4, 0.5) is 8.78 Å². The molecule has 2 fully saturated rings. The summed E-state index contributed by atoms with van der Waals surface area (Å²) in [5, 5.41) is 0. The van der Waals surface area contributed by atoms with Crippen molar-refractivity contribution in [3.05, 3.63) is 12.2 Å². The Balaban J connectivity index is 1.72. The minimum absolute atomic E-state index is 0.0898. The maximum absolute atomic E-state index is 12.2. The Hall–Kier alpha value is -0.480. The quantitative estimate of drug-likeness (QED) is 0.771. The standard InChI is InChI=1S/C15H24F2O2/c1-18-10-14-7-6-13(9-19-14)12-4-2-11(3-5-12)8-15(16)17/h8,11-14H,2-7,9-10H2,1H3. The molecule has 2 rings (SSSR count). The van der Waals surface area contributed by atoms with Crippen LogP contribution in [0.25, 0.3) is 0 Å². The summed E-state index contributed by atoms with van der Waals surface area (Å²) in [7, 11) is 1.70. The van der Waals surface area contributed by atoms with Gasteiger partial charge >= 0.3 is 0 Å². The minimum Gasteiger partial charge on any atom is -0.382 e. The summed E-state index contributed by atoms with van der Waals surface area (Å²) in [5.41, 5.74) is 0. The average molecular weight is 274 g/mol. The van der Waals surface area contributed by atoms with E-state index in [1.807, 2.05) is 0 Å². The Labute approximate surface area is 114 Å². The molecule has 1 heterocycles. The third-order valence-electron chi connectivity index (χ3n) is 4.60. The number of methoxy groups -OCH3 is 1. The largest absolute Gasteiger partial charge is 0.382 e. The first-order valence-electron chi connectivity index (χ1n) is 7.32. The van der Waals surface area contributed by atoms with Crippen molar-refractivity contribution >= 4 is 0 Å². The smallest absolute Gasteiger partial charge is 0.266 e. The van der Waals surface area contributed by atoms with Crippen LogP contribution in [0, 0.1) is 17.8 Å². The van der Waals surface area contributed by atoms with Crippen LogP contribution in [0.2, 0.25) is 0 Å². The normalized spacial score (nSPS) is 35.9. The first-order valence-corrected chi connectivity index (χ1v) is 7.32. The van der Waals surface area contributed by atoms with Crippen molar-refractivity contribution in [1.29, 1.82) is 0 Å². The van der Waals surface area contributed by atoms with Crippen LogP contribution in [0.5, 0.6) is 0 Å². The Morgan fingerprint density at radius 2 is 1.79 bits per heavy atom. The number of hydrogen-bond acceptors (Lipinski definition) is 2. The highest BCUT2D eigenvalue weighted by Crippen LogP contribution is 2.38. The molecule has 0 spiro atoms. The molecule has 1 aliphatic heterocycles. The van der Waals surface area contributed by atoms with E-state index in [1.165, 1.54) is 6.42 Å². The molecule has 1 saturated carbocycles. The highest BCUT2D eigenvalue weighted by Gasteiger charge is 2.31. The lowest BCUT2D eigenvalue weighted by Gasteiger charge is -2.37. The van der Waals surface area contributed by atoms with E-state index < -0.39 is 6.08 Å². The molecular weight excluding hydrogens is 250 g/mol. The van der Waals surface area contributed by atoms with Gasteiger partial charge in [-0.15, -0.1) is 0 Å². The topological polar surface area (TPSA) is 18.5 Å². The van der Waals surface area contributed by atoms with E-state index in [4.69, 9.17) is 9.47 Å². The summed E-state index contributed by atoms with van der Waals surface area (Å²) < 4.78 is 35.4. The molecule has 0 radical (unpaired) electrons. The summed E-state index contributed by atoms with van der Waals surface area (Å²) in [4.78, 5) is 0. The second-order valence-electron chi connectivity index (χ2n) is 5.88. The van der Waals surface area contributed by atoms with Crippen LogP contribution in [0.1, 0.15) is 38.5 Å². The lowest BCUT2D eigenvalue weighted by atomic mass is 9.74. The fraction of sp³-hybridized carbons (Fsp3) is 0.867. The van der Waals surface area contributed by atoms with E-state index >= 15 is 0 Å². The van der Waals surface area contributed by atoms with Gasteiger partial charge < -0.3 is 9.47 Å². The zero-order valence-corrected chi connectivity index (χ0v) is 11.6. The van der Waals surface area contributed by atoms with Crippen molar-refractivity contribution in [2.24, 2.45) is 17.8 Å². The summed E-state index contributed by atoms with van der Waals surface area (Å²) in [5.74, 6) is 1.37. The van der Waals surface area contributed by atoms with Crippen molar-refractivity contribution in [2.45, 2.75) is 44.6 Å². The highest BCUT2D eigenvalue weighted by molar-refractivity contribution is 4.92. The maximum Gasteiger partial charge on any atom is 0.266 e. The molecule has 1 saturated heterocycles. The van der Waals surface area contributed by atoms with Gasteiger partial charge in [0, 0.05) is 7.11 Å². The molecule has 0 amide bonds. The second kappa shape index (κ2) is 7.34. The van der Waals surface area contributed by atoms with Gasteiger partial charge in [0.2, 0.25) is 0 Å². The van der Waals surface area contributed by atoms with Gasteiger partial charge in [0.05, 0.1) is 19.3 Å². The zero-order chi connectivity index (χ0) is 13.7. The summed E-state index contributed by atoms with van der Waals surface area (Å²) in [6.07, 6.45) is 6.07. The van der Waals surface area contributed by atoms with Crippen molar-refractivity contribution < 1.29 is 18.3 Å². The molecule has 110 valence electrons. The third-order valence-corrected chi connectivity index (χ3v) is 4.60. The number of ether oxygens (including phenoxy) is 2. The van der Waals surface area contributed by atoms with Crippen molar-refractivity contribution in [3.63, 3.8) is 0 Å². The van der Waals surface area contributed by atoms with E-state index in [2.05, 4.69) is 0 Å². The van der Waals surface area contributed by atoms with Gasteiger partial charge in [0.25, 0.3) is 6.08 Å². The monoisotopic (exact) mass is 274 g/mol. The van der Waals surface area contributed by atoms with E-state index in [0.29, 0.717) is 18.4 Å². The fourth-order valence-electron chi connectivity index (χ4n) is 3.48. The van der Waals surface area contributed by atoms with Gasteiger partial charge in [0.15, 0.2) is 0 Å². The highest BCUT2D eigenvalue weighted by atomic mass is 19.3. The van der Waals surface area contributed by atoms with Crippen molar-refractivity contribution in [1.82, 2.24) is 0 Å². The van der Waals surface area contributed by atoms with Gasteiger partial charge in [0.1, 0.15) is 0 Å². The van der Waals surface area contributed by atoms with Crippen LogP contribution >= 0.6 is 0 Å². The van der Waals surface area contributed by atoms with Crippen LogP contribution in [-0.4, -0.2) is 26.4 Å². The molecule has 0 aromatic heterocycles. The number of hydrogen-bond donors (Lipinski definition) is 0. The average Bonchev–Trinajstić information content (AvgIpc) is 2.40. The molecule has 0 aromatic carbocycles. The van der Waals surface area contributed by atoms with E-state index in [9.17, 15) is 8.78 Å². The van der Waals surface area contributed by atoms with Crippen LogP contribution < -0.4 is 0 Å². The molecule has 0 aromatic rings. The molecule has 2 atom stereocenters. The molecule has 1 aliphatic carbocycles. The summed E-state index contributed by atoms with van der Waals surface area (Å²) in [6, 6.07) is 0. The number of rotatable bonds is 4. The maximum atomic E-state index is 12.2.